The summed E-state index contributed by atoms with van der Waals surface area (Å²) in [5.74, 6) is 0. The van der Waals surface area contributed by atoms with E-state index >= 15 is 0 Å². The van der Waals surface area contributed by atoms with Crippen molar-refractivity contribution in [2.75, 3.05) is 5.48 Å². The van der Waals surface area contributed by atoms with E-state index in [1.165, 1.54) is 10.4 Å². The molecule has 1 aromatic carbocycles. The van der Waals surface area contributed by atoms with E-state index in [9.17, 15) is 0 Å². The molecule has 0 aliphatic heterocycles. The van der Waals surface area contributed by atoms with Crippen LogP contribution in [0.3, 0.4) is 0 Å². The van der Waals surface area contributed by atoms with Gasteiger partial charge in [0, 0.05) is 4.88 Å². The van der Waals surface area contributed by atoms with E-state index in [0.29, 0.717) is 5.69 Å². The molecule has 0 spiro atoms. The van der Waals surface area contributed by atoms with E-state index in [2.05, 4.69) is 11.5 Å². The van der Waals surface area contributed by atoms with Crippen molar-refractivity contribution < 1.29 is 5.21 Å². The van der Waals surface area contributed by atoms with Crippen molar-refractivity contribution in [3.63, 3.8) is 0 Å². The fourth-order valence-corrected chi connectivity index (χ4v) is 1.88. The van der Waals surface area contributed by atoms with Gasteiger partial charge in [-0.3, -0.25) is 10.7 Å². The lowest BCUT2D eigenvalue weighted by Crippen LogP contribution is -1.87. The summed E-state index contributed by atoms with van der Waals surface area (Å²) in [5.41, 5.74) is 3.99. The molecule has 0 aliphatic carbocycles. The fraction of sp³-hybridized carbons (Fsp3) is 0. The van der Waals surface area contributed by atoms with Gasteiger partial charge in [0.05, 0.1) is 5.69 Å². The largest absolute Gasteiger partial charge is 0.291 e. The first-order valence-corrected chi connectivity index (χ1v) is 4.82. The summed E-state index contributed by atoms with van der Waals surface area (Å²) in [6.45, 7) is 0. The van der Waals surface area contributed by atoms with E-state index in [4.69, 9.17) is 5.21 Å². The van der Waals surface area contributed by atoms with Crippen LogP contribution in [-0.2, 0) is 0 Å². The summed E-state index contributed by atoms with van der Waals surface area (Å²) >= 11 is 1.71. The molecule has 0 saturated heterocycles. The third-order valence-corrected chi connectivity index (χ3v) is 2.74. The van der Waals surface area contributed by atoms with Crippen molar-refractivity contribution in [2.24, 2.45) is 0 Å². The van der Waals surface area contributed by atoms with E-state index in [1.54, 1.807) is 11.3 Å². The Labute approximate surface area is 80.4 Å². The van der Waals surface area contributed by atoms with Crippen LogP contribution in [0.2, 0.25) is 0 Å². The highest BCUT2D eigenvalue weighted by Gasteiger charge is 1.97. The van der Waals surface area contributed by atoms with Gasteiger partial charge in [0.15, 0.2) is 0 Å². The Balaban J connectivity index is 2.33. The molecule has 0 aliphatic rings. The first-order valence-electron chi connectivity index (χ1n) is 3.94. The first-order chi connectivity index (χ1) is 6.40. The van der Waals surface area contributed by atoms with Crippen LogP contribution in [0.4, 0.5) is 5.69 Å². The van der Waals surface area contributed by atoms with Crippen molar-refractivity contribution in [2.45, 2.75) is 0 Å². The number of hydrogen-bond donors (Lipinski definition) is 2. The minimum Gasteiger partial charge on any atom is -0.291 e. The van der Waals surface area contributed by atoms with Crippen molar-refractivity contribution in [3.05, 3.63) is 41.8 Å². The lowest BCUT2D eigenvalue weighted by atomic mass is 10.2. The molecular weight excluding hydrogens is 182 g/mol. The maximum Gasteiger partial charge on any atom is 0.0602 e. The Morgan fingerprint density at radius 3 is 2.38 bits per heavy atom. The van der Waals surface area contributed by atoms with Crippen molar-refractivity contribution in [1.82, 2.24) is 0 Å². The van der Waals surface area contributed by atoms with Crippen LogP contribution in [0.25, 0.3) is 10.4 Å². The molecule has 0 fully saturated rings. The summed E-state index contributed by atoms with van der Waals surface area (Å²) in [5, 5.41) is 10.7. The molecular formula is C10H9NOS. The molecule has 0 bridgehead atoms. The second-order valence-corrected chi connectivity index (χ2v) is 3.61. The highest BCUT2D eigenvalue weighted by Crippen LogP contribution is 2.25. The molecule has 0 saturated carbocycles. The molecule has 13 heavy (non-hydrogen) atoms. The van der Waals surface area contributed by atoms with E-state index in [-0.39, 0.29) is 0 Å². The van der Waals surface area contributed by atoms with Gasteiger partial charge in [0.2, 0.25) is 0 Å². The highest BCUT2D eigenvalue weighted by molar-refractivity contribution is 7.13. The molecule has 0 amide bonds. The zero-order chi connectivity index (χ0) is 9.10. The summed E-state index contributed by atoms with van der Waals surface area (Å²) in [6.07, 6.45) is 0. The zero-order valence-electron chi connectivity index (χ0n) is 6.90. The van der Waals surface area contributed by atoms with E-state index in [0.717, 1.165) is 0 Å². The number of thiophene rings is 1. The molecule has 3 heteroatoms. The summed E-state index contributed by atoms with van der Waals surface area (Å²) < 4.78 is 0. The molecule has 2 aromatic rings. The Morgan fingerprint density at radius 1 is 1.08 bits per heavy atom. The number of hydrogen-bond acceptors (Lipinski definition) is 3. The minimum absolute atomic E-state index is 0.709. The first kappa shape index (κ1) is 8.29. The average molecular weight is 191 g/mol. The molecule has 2 rings (SSSR count). The Bertz CT molecular complexity index is 366. The maximum atomic E-state index is 8.61. The van der Waals surface area contributed by atoms with Gasteiger partial charge >= 0.3 is 0 Å². The van der Waals surface area contributed by atoms with Gasteiger partial charge in [0.1, 0.15) is 0 Å². The monoisotopic (exact) mass is 191 g/mol. The normalized spacial score (nSPS) is 9.92. The molecule has 0 radical (unpaired) electrons. The van der Waals surface area contributed by atoms with Gasteiger partial charge in [-0.1, -0.05) is 18.2 Å². The molecule has 1 heterocycles. The molecule has 1 aromatic heterocycles. The van der Waals surface area contributed by atoms with Gasteiger partial charge in [0.25, 0.3) is 0 Å². The molecule has 0 unspecified atom stereocenters. The number of rotatable bonds is 2. The van der Waals surface area contributed by atoms with E-state index < -0.39 is 0 Å². The van der Waals surface area contributed by atoms with Crippen molar-refractivity contribution in [3.8, 4) is 10.4 Å². The third kappa shape index (κ3) is 1.71. The molecule has 2 nitrogen and oxygen atoms in total. The highest BCUT2D eigenvalue weighted by atomic mass is 32.1. The van der Waals surface area contributed by atoms with Crippen LogP contribution in [0.1, 0.15) is 0 Å². The van der Waals surface area contributed by atoms with Crippen LogP contribution < -0.4 is 5.48 Å². The van der Waals surface area contributed by atoms with E-state index in [1.807, 2.05) is 35.7 Å². The van der Waals surface area contributed by atoms with Crippen LogP contribution >= 0.6 is 11.3 Å². The van der Waals surface area contributed by atoms with Crippen LogP contribution in [0.5, 0.6) is 0 Å². The Morgan fingerprint density at radius 2 is 1.85 bits per heavy atom. The van der Waals surface area contributed by atoms with Crippen LogP contribution in [0, 0.1) is 0 Å². The van der Waals surface area contributed by atoms with Crippen molar-refractivity contribution in [1.29, 1.82) is 0 Å². The standard InChI is InChI=1S/C10H9NOS/c12-11-9-5-3-8(4-6-9)10-2-1-7-13-10/h1-7,11-12H. The van der Waals surface area contributed by atoms with Crippen LogP contribution in [-0.4, -0.2) is 5.21 Å². The molecule has 66 valence electrons. The minimum atomic E-state index is 0.709. The summed E-state index contributed by atoms with van der Waals surface area (Å²) in [6, 6.07) is 11.7. The average Bonchev–Trinajstić information content (AvgIpc) is 2.71. The summed E-state index contributed by atoms with van der Waals surface area (Å²) in [7, 11) is 0. The van der Waals surface area contributed by atoms with Gasteiger partial charge in [-0.25, -0.2) is 0 Å². The summed E-state index contributed by atoms with van der Waals surface area (Å²) in [4.78, 5) is 1.24. The Hall–Kier alpha value is -1.32. The SMILES string of the molecule is ONc1ccc(-c2cccs2)cc1. The predicted molar refractivity (Wildman–Crippen MR) is 55.2 cm³/mol. The van der Waals surface area contributed by atoms with Crippen molar-refractivity contribution >= 4 is 17.0 Å². The lowest BCUT2D eigenvalue weighted by molar-refractivity contribution is 0.389. The quantitative estimate of drug-likeness (QED) is 0.714. The van der Waals surface area contributed by atoms with Crippen LogP contribution in [0.15, 0.2) is 41.8 Å². The molecule has 0 atom stereocenters. The fourth-order valence-electron chi connectivity index (χ4n) is 1.15. The second-order valence-electron chi connectivity index (χ2n) is 2.67. The third-order valence-electron chi connectivity index (χ3n) is 1.82. The Kier molecular flexibility index (Phi) is 2.29. The predicted octanol–water partition coefficient (Wildman–Crippen LogP) is 3.22. The van der Waals surface area contributed by atoms with Gasteiger partial charge in [-0.15, -0.1) is 11.3 Å². The lowest BCUT2D eigenvalue weighted by Gasteiger charge is -1.99. The number of nitrogens with one attached hydrogen (secondary N) is 1. The zero-order valence-corrected chi connectivity index (χ0v) is 7.71. The van der Waals surface area contributed by atoms with Gasteiger partial charge < -0.3 is 0 Å². The van der Waals surface area contributed by atoms with Gasteiger partial charge in [-0.2, -0.15) is 0 Å². The maximum absolute atomic E-state index is 8.61. The number of anilines is 1. The smallest absolute Gasteiger partial charge is 0.0602 e. The molecule has 2 N–H and O–H groups in total. The van der Waals surface area contributed by atoms with Gasteiger partial charge in [-0.05, 0) is 29.1 Å². The second kappa shape index (κ2) is 3.60. The topological polar surface area (TPSA) is 32.3 Å². The number of benzene rings is 1.